The van der Waals surface area contributed by atoms with Crippen molar-refractivity contribution in [2.24, 2.45) is 0 Å². The fourth-order valence-electron chi connectivity index (χ4n) is 4.72. The van der Waals surface area contributed by atoms with Crippen LogP contribution in [0.4, 0.5) is 0 Å². The van der Waals surface area contributed by atoms with Crippen LogP contribution in [0.25, 0.3) is 0 Å². The molecule has 1 amide bonds. The molecule has 29 heavy (non-hydrogen) atoms. The van der Waals surface area contributed by atoms with Crippen LogP contribution in [0.3, 0.4) is 0 Å². The maximum Gasteiger partial charge on any atom is 0.244 e. The Morgan fingerprint density at radius 3 is 2.48 bits per heavy atom. The normalized spacial score (nSPS) is 24.6. The van der Waals surface area contributed by atoms with Crippen LogP contribution in [0.1, 0.15) is 37.3 Å². The van der Waals surface area contributed by atoms with E-state index < -0.39 is 0 Å². The van der Waals surface area contributed by atoms with Crippen molar-refractivity contribution in [3.8, 4) is 0 Å². The average Bonchev–Trinajstić information content (AvgIpc) is 3.18. The zero-order valence-corrected chi connectivity index (χ0v) is 19.1. The average molecular weight is 447 g/mol. The summed E-state index contributed by atoms with van der Waals surface area (Å²) in [6.45, 7) is 8.61. The van der Waals surface area contributed by atoms with E-state index in [9.17, 15) is 4.79 Å². The summed E-state index contributed by atoms with van der Waals surface area (Å²) in [5, 5.41) is 8.12. The van der Waals surface area contributed by atoms with E-state index in [-0.39, 0.29) is 30.7 Å². The Morgan fingerprint density at radius 2 is 1.83 bits per heavy atom. The largest absolute Gasteiger partial charge is 0.339 e. The highest BCUT2D eigenvalue weighted by Crippen LogP contribution is 2.21. The molecule has 1 aromatic heterocycles. The second-order valence-electron chi connectivity index (χ2n) is 8.43. The van der Waals surface area contributed by atoms with Gasteiger partial charge in [0.15, 0.2) is 0 Å². The first-order chi connectivity index (χ1) is 13.2. The predicted octanol–water partition coefficient (Wildman–Crippen LogP) is 1.43. The molecule has 0 radical (unpaired) electrons. The van der Waals surface area contributed by atoms with Crippen LogP contribution in [-0.4, -0.2) is 95.8 Å². The van der Waals surface area contributed by atoms with Crippen LogP contribution in [0.15, 0.2) is 12.3 Å². The molecule has 1 atom stereocenters. The molecule has 4 heterocycles. The number of nitrogens with zero attached hydrogens (tertiary/aromatic N) is 5. The van der Waals surface area contributed by atoms with Gasteiger partial charge in [-0.15, -0.1) is 24.8 Å². The third kappa shape index (κ3) is 6.31. The molecule has 3 aliphatic rings. The molecule has 3 fully saturated rings. The van der Waals surface area contributed by atoms with Crippen molar-refractivity contribution in [1.82, 2.24) is 29.8 Å². The first kappa shape index (κ1) is 24.4. The topological polar surface area (TPSA) is 56.6 Å². The molecule has 0 spiro atoms. The van der Waals surface area contributed by atoms with E-state index >= 15 is 0 Å². The van der Waals surface area contributed by atoms with Gasteiger partial charge in [-0.3, -0.25) is 14.4 Å². The Bertz CT molecular complexity index is 620. The van der Waals surface area contributed by atoms with Gasteiger partial charge in [-0.1, -0.05) is 0 Å². The number of amides is 1. The van der Waals surface area contributed by atoms with Gasteiger partial charge in [0.2, 0.25) is 5.91 Å². The molecule has 1 aromatic rings. The molecule has 0 bridgehead atoms. The lowest BCUT2D eigenvalue weighted by molar-refractivity contribution is -0.134. The third-order valence-electron chi connectivity index (χ3n) is 6.55. The highest BCUT2D eigenvalue weighted by Gasteiger charge is 2.28. The number of nitrogens with one attached hydrogen (secondary N) is 1. The number of piperazine rings is 1. The predicted molar refractivity (Wildman–Crippen MR) is 120 cm³/mol. The zero-order valence-electron chi connectivity index (χ0n) is 17.5. The zero-order chi connectivity index (χ0) is 18.6. The SMILES string of the molecule is CN1CCC(N2CCN(C(=O)Cn3ccc(C4CCCNC4)n3)CC2)CC1.Cl.Cl. The number of piperidine rings is 2. The molecular formula is C20H36Cl2N6O. The Hall–Kier alpha value is -0.860. The van der Waals surface area contributed by atoms with Gasteiger partial charge in [-0.25, -0.2) is 0 Å². The number of carbonyl (C=O) groups is 1. The molecule has 4 rings (SSSR count). The highest BCUT2D eigenvalue weighted by molar-refractivity contribution is 5.85. The highest BCUT2D eigenvalue weighted by atomic mass is 35.5. The van der Waals surface area contributed by atoms with Crippen LogP contribution in [-0.2, 0) is 11.3 Å². The Kier molecular flexibility index (Phi) is 9.69. The van der Waals surface area contributed by atoms with Crippen molar-refractivity contribution < 1.29 is 4.79 Å². The number of rotatable bonds is 4. The van der Waals surface area contributed by atoms with Gasteiger partial charge < -0.3 is 15.1 Å². The minimum Gasteiger partial charge on any atom is -0.339 e. The summed E-state index contributed by atoms with van der Waals surface area (Å²) in [6.07, 6.45) is 6.89. The Labute approximate surface area is 187 Å². The van der Waals surface area contributed by atoms with E-state index in [1.54, 1.807) is 0 Å². The van der Waals surface area contributed by atoms with Crippen LogP contribution >= 0.6 is 24.8 Å². The van der Waals surface area contributed by atoms with Gasteiger partial charge in [0.1, 0.15) is 6.54 Å². The maximum absolute atomic E-state index is 12.7. The number of aromatic nitrogens is 2. The summed E-state index contributed by atoms with van der Waals surface area (Å²) >= 11 is 0. The van der Waals surface area contributed by atoms with E-state index in [0.29, 0.717) is 18.5 Å². The summed E-state index contributed by atoms with van der Waals surface area (Å²) in [7, 11) is 2.21. The lowest BCUT2D eigenvalue weighted by Gasteiger charge is -2.42. The number of hydrogen-bond donors (Lipinski definition) is 1. The van der Waals surface area contributed by atoms with Gasteiger partial charge in [0.05, 0.1) is 5.69 Å². The van der Waals surface area contributed by atoms with Crippen molar-refractivity contribution in [3.05, 3.63) is 18.0 Å². The monoisotopic (exact) mass is 446 g/mol. The van der Waals surface area contributed by atoms with Crippen molar-refractivity contribution in [2.75, 3.05) is 59.4 Å². The van der Waals surface area contributed by atoms with Crippen LogP contribution in [0.2, 0.25) is 0 Å². The van der Waals surface area contributed by atoms with Gasteiger partial charge >= 0.3 is 0 Å². The van der Waals surface area contributed by atoms with Crippen molar-refractivity contribution in [1.29, 1.82) is 0 Å². The minimum atomic E-state index is 0. The van der Waals surface area contributed by atoms with E-state index in [0.717, 1.165) is 45.0 Å². The summed E-state index contributed by atoms with van der Waals surface area (Å²) in [5.74, 6) is 0.697. The summed E-state index contributed by atoms with van der Waals surface area (Å²) in [6, 6.07) is 2.79. The van der Waals surface area contributed by atoms with E-state index in [2.05, 4.69) is 33.3 Å². The van der Waals surface area contributed by atoms with Crippen molar-refractivity contribution >= 4 is 30.7 Å². The van der Waals surface area contributed by atoms with Gasteiger partial charge in [0, 0.05) is 50.9 Å². The van der Waals surface area contributed by atoms with E-state index in [4.69, 9.17) is 0 Å². The van der Waals surface area contributed by atoms with Gasteiger partial charge in [-0.05, 0) is 58.4 Å². The van der Waals surface area contributed by atoms with E-state index in [1.807, 2.05) is 15.8 Å². The van der Waals surface area contributed by atoms with Crippen molar-refractivity contribution in [3.63, 3.8) is 0 Å². The Morgan fingerprint density at radius 1 is 1.10 bits per heavy atom. The van der Waals surface area contributed by atoms with Crippen LogP contribution in [0.5, 0.6) is 0 Å². The van der Waals surface area contributed by atoms with E-state index in [1.165, 1.54) is 38.8 Å². The minimum absolute atomic E-state index is 0. The summed E-state index contributed by atoms with van der Waals surface area (Å²) in [5.41, 5.74) is 1.13. The molecule has 0 aromatic carbocycles. The number of hydrogen-bond acceptors (Lipinski definition) is 5. The molecule has 7 nitrogen and oxygen atoms in total. The lowest BCUT2D eigenvalue weighted by atomic mass is 9.97. The molecule has 0 saturated carbocycles. The molecule has 166 valence electrons. The number of halogens is 2. The molecule has 1 N–H and O–H groups in total. The molecule has 3 saturated heterocycles. The fraction of sp³-hybridized carbons (Fsp3) is 0.800. The molecule has 0 aliphatic carbocycles. The molecule has 9 heteroatoms. The van der Waals surface area contributed by atoms with Gasteiger partial charge in [0.25, 0.3) is 0 Å². The first-order valence-electron chi connectivity index (χ1n) is 10.6. The Balaban J connectivity index is 0.00000150. The van der Waals surface area contributed by atoms with Crippen molar-refractivity contribution in [2.45, 2.75) is 44.2 Å². The summed E-state index contributed by atoms with van der Waals surface area (Å²) < 4.78 is 1.83. The molecular weight excluding hydrogens is 411 g/mol. The summed E-state index contributed by atoms with van der Waals surface area (Å²) in [4.78, 5) is 19.7. The second kappa shape index (κ2) is 11.5. The molecule has 1 unspecified atom stereocenters. The lowest BCUT2D eigenvalue weighted by Crippen LogP contribution is -2.54. The first-order valence-corrected chi connectivity index (χ1v) is 10.6. The smallest absolute Gasteiger partial charge is 0.244 e. The maximum atomic E-state index is 12.7. The van der Waals surface area contributed by atoms with Gasteiger partial charge in [-0.2, -0.15) is 5.10 Å². The fourth-order valence-corrected chi connectivity index (χ4v) is 4.72. The standard InChI is InChI=1S/C20H34N6O.2ClH/c1-23-8-4-18(5-9-23)24-11-13-25(14-12-24)20(27)16-26-10-6-19(22-26)17-3-2-7-21-15-17;;/h6,10,17-18,21H,2-5,7-9,11-16H2,1H3;2*1H. The second-order valence-corrected chi connectivity index (χ2v) is 8.43. The van der Waals surface area contributed by atoms with Crippen LogP contribution in [0, 0.1) is 0 Å². The number of likely N-dealkylation sites (tertiary alicyclic amines) is 1. The third-order valence-corrected chi connectivity index (χ3v) is 6.55. The molecule has 3 aliphatic heterocycles. The number of carbonyl (C=O) groups excluding carboxylic acids is 1. The van der Waals surface area contributed by atoms with Crippen LogP contribution < -0.4 is 5.32 Å². The quantitative estimate of drug-likeness (QED) is 0.757.